The van der Waals surface area contributed by atoms with E-state index < -0.39 is 24.2 Å². The molecule has 2 fully saturated rings. The number of rotatable bonds is 6. The lowest BCUT2D eigenvalue weighted by molar-refractivity contribution is -0.119. The van der Waals surface area contributed by atoms with Crippen LogP contribution in [0.25, 0.3) is 11.1 Å². The Hall–Kier alpha value is -3.00. The standard InChI is InChI=1S/C24H27F2N3O3/c1-16(30)27-13-21-15-29(24(31)32-21)20-6-7-22(23(26)12-20)18-4-2-17(3-5-18)14-28-10-8-19(25)9-11-28/h2-7,12,19,21H,8-11,13-15H2,1H3,(H,27,30). The van der Waals surface area contributed by atoms with E-state index in [1.807, 2.05) is 24.3 Å². The normalized spacial score (nSPS) is 19.8. The zero-order valence-electron chi connectivity index (χ0n) is 18.0. The van der Waals surface area contributed by atoms with Gasteiger partial charge >= 0.3 is 6.09 Å². The molecule has 2 heterocycles. The lowest BCUT2D eigenvalue weighted by Crippen LogP contribution is -2.33. The third kappa shape index (κ3) is 5.24. The van der Waals surface area contributed by atoms with Crippen molar-refractivity contribution in [3.05, 3.63) is 53.8 Å². The Balaban J connectivity index is 1.41. The second-order valence-electron chi connectivity index (χ2n) is 8.37. The first-order valence-electron chi connectivity index (χ1n) is 10.9. The SMILES string of the molecule is CC(=O)NCC1CN(c2ccc(-c3ccc(CN4CCC(F)CC4)cc3)c(F)c2)C(=O)O1. The average Bonchev–Trinajstić information content (AvgIpc) is 3.15. The van der Waals surface area contributed by atoms with E-state index >= 15 is 0 Å². The Morgan fingerprint density at radius 1 is 1.16 bits per heavy atom. The van der Waals surface area contributed by atoms with Crippen LogP contribution in [0.4, 0.5) is 19.3 Å². The number of carbonyl (C=O) groups is 2. The highest BCUT2D eigenvalue weighted by atomic mass is 19.1. The van der Waals surface area contributed by atoms with Crippen molar-refractivity contribution >= 4 is 17.7 Å². The van der Waals surface area contributed by atoms with Crippen molar-refractivity contribution in [3.8, 4) is 11.1 Å². The highest BCUT2D eigenvalue weighted by Crippen LogP contribution is 2.29. The summed E-state index contributed by atoms with van der Waals surface area (Å²) in [7, 11) is 0. The Bertz CT molecular complexity index is 975. The van der Waals surface area contributed by atoms with E-state index in [1.54, 1.807) is 12.1 Å². The minimum Gasteiger partial charge on any atom is -0.442 e. The van der Waals surface area contributed by atoms with Crippen LogP contribution in [0.15, 0.2) is 42.5 Å². The van der Waals surface area contributed by atoms with Crippen molar-refractivity contribution in [1.29, 1.82) is 0 Å². The predicted molar refractivity (Wildman–Crippen MR) is 118 cm³/mol. The molecule has 0 spiro atoms. The van der Waals surface area contributed by atoms with E-state index in [2.05, 4.69) is 10.2 Å². The molecule has 8 heteroatoms. The van der Waals surface area contributed by atoms with Crippen LogP contribution in [-0.2, 0) is 16.1 Å². The number of amides is 2. The fraction of sp³-hybridized carbons (Fsp3) is 0.417. The maximum atomic E-state index is 14.9. The third-order valence-corrected chi connectivity index (χ3v) is 5.91. The van der Waals surface area contributed by atoms with E-state index in [4.69, 9.17) is 4.74 Å². The summed E-state index contributed by atoms with van der Waals surface area (Å²) in [6.07, 6.45) is -0.571. The monoisotopic (exact) mass is 443 g/mol. The number of hydrogen-bond donors (Lipinski definition) is 1. The summed E-state index contributed by atoms with van der Waals surface area (Å²) in [5.74, 6) is -0.636. The minimum absolute atomic E-state index is 0.203. The smallest absolute Gasteiger partial charge is 0.414 e. The second-order valence-corrected chi connectivity index (χ2v) is 8.37. The van der Waals surface area contributed by atoms with Gasteiger partial charge in [0.2, 0.25) is 5.91 Å². The highest BCUT2D eigenvalue weighted by molar-refractivity contribution is 5.90. The zero-order valence-corrected chi connectivity index (χ0v) is 18.0. The summed E-state index contributed by atoms with van der Waals surface area (Å²) in [6.45, 7) is 4.12. The first-order chi connectivity index (χ1) is 15.4. The van der Waals surface area contributed by atoms with Crippen LogP contribution >= 0.6 is 0 Å². The van der Waals surface area contributed by atoms with Gasteiger partial charge in [-0.15, -0.1) is 0 Å². The number of anilines is 1. The van der Waals surface area contributed by atoms with Gasteiger partial charge < -0.3 is 10.1 Å². The molecule has 2 amide bonds. The first kappa shape index (κ1) is 22.2. The zero-order chi connectivity index (χ0) is 22.7. The van der Waals surface area contributed by atoms with E-state index in [-0.39, 0.29) is 19.0 Å². The highest BCUT2D eigenvalue weighted by Gasteiger charge is 2.32. The number of hydrogen-bond acceptors (Lipinski definition) is 4. The van der Waals surface area contributed by atoms with Crippen molar-refractivity contribution in [2.24, 2.45) is 0 Å². The maximum absolute atomic E-state index is 14.9. The van der Waals surface area contributed by atoms with Gasteiger partial charge in [-0.2, -0.15) is 0 Å². The molecule has 2 aliphatic heterocycles. The van der Waals surface area contributed by atoms with Crippen LogP contribution < -0.4 is 10.2 Å². The minimum atomic E-state index is -0.690. The molecule has 32 heavy (non-hydrogen) atoms. The summed E-state index contributed by atoms with van der Waals surface area (Å²) in [5.41, 5.74) is 2.70. The van der Waals surface area contributed by atoms with Crippen molar-refractivity contribution in [2.75, 3.05) is 31.1 Å². The summed E-state index contributed by atoms with van der Waals surface area (Å²) in [5, 5.41) is 2.62. The van der Waals surface area contributed by atoms with Crippen molar-refractivity contribution in [1.82, 2.24) is 10.2 Å². The van der Waals surface area contributed by atoms with Gasteiger partial charge in [0.05, 0.1) is 18.8 Å². The Morgan fingerprint density at radius 2 is 1.88 bits per heavy atom. The Labute approximate surface area is 186 Å². The number of alkyl halides is 1. The number of benzene rings is 2. The molecule has 0 aromatic heterocycles. The third-order valence-electron chi connectivity index (χ3n) is 5.91. The van der Waals surface area contributed by atoms with Crippen LogP contribution in [0.3, 0.4) is 0 Å². The van der Waals surface area contributed by atoms with Gasteiger partial charge in [-0.1, -0.05) is 24.3 Å². The molecule has 170 valence electrons. The summed E-state index contributed by atoms with van der Waals surface area (Å²) >= 11 is 0. The fourth-order valence-corrected chi connectivity index (χ4v) is 4.11. The van der Waals surface area contributed by atoms with Crippen molar-refractivity contribution < 1.29 is 23.1 Å². The van der Waals surface area contributed by atoms with Crippen LogP contribution in [0.5, 0.6) is 0 Å². The second kappa shape index (κ2) is 9.65. The van der Waals surface area contributed by atoms with Gasteiger partial charge in [-0.25, -0.2) is 13.6 Å². The number of ether oxygens (including phenoxy) is 1. The molecule has 0 bridgehead atoms. The molecule has 4 rings (SSSR count). The summed E-state index contributed by atoms with van der Waals surface area (Å²) in [6, 6.07) is 12.4. The van der Waals surface area contributed by atoms with Crippen LogP contribution in [0.1, 0.15) is 25.3 Å². The van der Waals surface area contributed by atoms with E-state index in [1.165, 1.54) is 17.9 Å². The van der Waals surface area contributed by atoms with Crippen LogP contribution in [-0.4, -0.2) is 55.4 Å². The Kier molecular flexibility index (Phi) is 6.69. The molecule has 6 nitrogen and oxygen atoms in total. The number of likely N-dealkylation sites (tertiary alicyclic amines) is 1. The number of nitrogens with zero attached hydrogens (tertiary/aromatic N) is 2. The van der Waals surface area contributed by atoms with Crippen LogP contribution in [0, 0.1) is 5.82 Å². The summed E-state index contributed by atoms with van der Waals surface area (Å²) < 4.78 is 33.4. The quantitative estimate of drug-likeness (QED) is 0.736. The fourth-order valence-electron chi connectivity index (χ4n) is 4.11. The largest absolute Gasteiger partial charge is 0.442 e. The number of cyclic esters (lactones) is 1. The molecule has 1 N–H and O–H groups in total. The van der Waals surface area contributed by atoms with Crippen molar-refractivity contribution in [2.45, 2.75) is 38.6 Å². The van der Waals surface area contributed by atoms with Gasteiger partial charge in [-0.05, 0) is 42.2 Å². The Morgan fingerprint density at radius 3 is 2.53 bits per heavy atom. The predicted octanol–water partition coefficient (Wildman–Crippen LogP) is 3.89. The molecule has 1 unspecified atom stereocenters. The summed E-state index contributed by atoms with van der Waals surface area (Å²) in [4.78, 5) is 26.8. The molecule has 0 aliphatic carbocycles. The molecule has 2 aliphatic rings. The van der Waals surface area contributed by atoms with Gasteiger partial charge in [0, 0.05) is 32.1 Å². The van der Waals surface area contributed by atoms with Gasteiger partial charge in [-0.3, -0.25) is 14.6 Å². The molecular formula is C24H27F2N3O3. The number of carbonyl (C=O) groups excluding carboxylic acids is 2. The van der Waals surface area contributed by atoms with Gasteiger partial charge in [0.25, 0.3) is 0 Å². The molecule has 2 aromatic carbocycles. The number of piperidine rings is 1. The topological polar surface area (TPSA) is 61.9 Å². The van der Waals surface area contributed by atoms with E-state index in [0.717, 1.165) is 30.8 Å². The van der Waals surface area contributed by atoms with Gasteiger partial charge in [0.1, 0.15) is 18.1 Å². The first-order valence-corrected chi connectivity index (χ1v) is 10.9. The number of nitrogens with one attached hydrogen (secondary N) is 1. The maximum Gasteiger partial charge on any atom is 0.414 e. The average molecular weight is 443 g/mol. The molecular weight excluding hydrogens is 416 g/mol. The molecule has 2 aromatic rings. The molecule has 0 radical (unpaired) electrons. The lowest BCUT2D eigenvalue weighted by Gasteiger charge is -2.28. The molecule has 0 saturated carbocycles. The van der Waals surface area contributed by atoms with E-state index in [0.29, 0.717) is 24.1 Å². The molecule has 2 saturated heterocycles. The molecule has 1 atom stereocenters. The van der Waals surface area contributed by atoms with E-state index in [9.17, 15) is 18.4 Å². The number of halogens is 2. The lowest BCUT2D eigenvalue weighted by atomic mass is 10.0. The van der Waals surface area contributed by atoms with Gasteiger partial charge in [0.15, 0.2) is 0 Å². The van der Waals surface area contributed by atoms with Crippen LogP contribution in [0.2, 0.25) is 0 Å². The van der Waals surface area contributed by atoms with Crippen molar-refractivity contribution in [3.63, 3.8) is 0 Å².